The highest BCUT2D eigenvalue weighted by Crippen LogP contribution is 2.29. The van der Waals surface area contributed by atoms with Gasteiger partial charge in [-0.3, -0.25) is 9.78 Å². The number of hydrogen-bond acceptors (Lipinski definition) is 5. The number of methoxy groups -OCH3 is 1. The van der Waals surface area contributed by atoms with E-state index in [-0.39, 0.29) is 11.1 Å². The molecule has 0 aliphatic carbocycles. The van der Waals surface area contributed by atoms with Gasteiger partial charge in [0.15, 0.2) is 5.69 Å². The monoisotopic (exact) mass is 455 g/mol. The van der Waals surface area contributed by atoms with E-state index in [1.807, 2.05) is 48.5 Å². The third kappa shape index (κ3) is 4.02. The number of benzene rings is 2. The van der Waals surface area contributed by atoms with Gasteiger partial charge in [-0.1, -0.05) is 29.8 Å². The highest BCUT2D eigenvalue weighted by Gasteiger charge is 2.15. The van der Waals surface area contributed by atoms with Crippen molar-refractivity contribution in [2.24, 2.45) is 0 Å². The summed E-state index contributed by atoms with van der Waals surface area (Å²) in [5.41, 5.74) is 3.76. The van der Waals surface area contributed by atoms with Crippen molar-refractivity contribution in [2.75, 3.05) is 7.11 Å². The summed E-state index contributed by atoms with van der Waals surface area (Å²) in [6.07, 6.45) is 4.98. The maximum absolute atomic E-state index is 12.8. The SMILES string of the molecule is COc1cc(-c2ccccn2)ccc1-n1ccc(=O)c(-c2ccnn2-c2cccc(Cl)c2)n1. The number of aromatic nitrogens is 5. The molecule has 7 nitrogen and oxygen atoms in total. The lowest BCUT2D eigenvalue weighted by Crippen LogP contribution is -2.15. The van der Waals surface area contributed by atoms with Crippen LogP contribution in [0.3, 0.4) is 0 Å². The zero-order chi connectivity index (χ0) is 22.8. The third-order valence-electron chi connectivity index (χ3n) is 5.13. The van der Waals surface area contributed by atoms with Crippen LogP contribution in [0.15, 0.2) is 96.2 Å². The van der Waals surface area contributed by atoms with Crippen molar-refractivity contribution in [1.82, 2.24) is 24.5 Å². The summed E-state index contributed by atoms with van der Waals surface area (Å²) in [7, 11) is 1.60. The number of hydrogen-bond donors (Lipinski definition) is 0. The van der Waals surface area contributed by atoms with Crippen molar-refractivity contribution in [3.05, 3.63) is 107 Å². The molecule has 0 saturated heterocycles. The van der Waals surface area contributed by atoms with Crippen LogP contribution in [0.5, 0.6) is 5.75 Å². The predicted molar refractivity (Wildman–Crippen MR) is 127 cm³/mol. The predicted octanol–water partition coefficient (Wildman–Crippen LogP) is 4.81. The van der Waals surface area contributed by atoms with Gasteiger partial charge in [0.05, 0.1) is 30.4 Å². The van der Waals surface area contributed by atoms with E-state index in [0.29, 0.717) is 22.2 Å². The first-order chi connectivity index (χ1) is 16.1. The lowest BCUT2D eigenvalue weighted by molar-refractivity contribution is 0.411. The largest absolute Gasteiger partial charge is 0.494 e. The summed E-state index contributed by atoms with van der Waals surface area (Å²) < 4.78 is 8.89. The molecule has 0 radical (unpaired) electrons. The lowest BCUT2D eigenvalue weighted by atomic mass is 10.1. The summed E-state index contributed by atoms with van der Waals surface area (Å²) in [6.45, 7) is 0. The van der Waals surface area contributed by atoms with Crippen LogP contribution in [-0.4, -0.2) is 31.7 Å². The molecule has 162 valence electrons. The molecule has 2 aromatic carbocycles. The second kappa shape index (κ2) is 8.72. The first-order valence-electron chi connectivity index (χ1n) is 10.1. The molecule has 5 aromatic rings. The van der Waals surface area contributed by atoms with Gasteiger partial charge in [0.1, 0.15) is 11.4 Å². The molecule has 0 N–H and O–H groups in total. The van der Waals surface area contributed by atoms with Crippen LogP contribution in [0.2, 0.25) is 5.02 Å². The van der Waals surface area contributed by atoms with E-state index in [1.54, 1.807) is 53.3 Å². The molecule has 3 heterocycles. The summed E-state index contributed by atoms with van der Waals surface area (Å²) in [5.74, 6) is 0.601. The number of halogens is 1. The standard InChI is InChI=1S/C25H18ClN5O2/c1-33-24-15-17(20-7-2-3-12-27-20)8-9-21(24)30-14-11-23(32)25(29-30)22-10-13-28-31(22)19-6-4-5-18(26)16-19/h2-16H,1H3. The number of pyridine rings is 1. The highest BCUT2D eigenvalue weighted by molar-refractivity contribution is 6.30. The first-order valence-corrected chi connectivity index (χ1v) is 10.5. The second-order valence-electron chi connectivity index (χ2n) is 7.18. The number of ether oxygens (including phenoxy) is 1. The van der Waals surface area contributed by atoms with Crippen LogP contribution in [0.1, 0.15) is 0 Å². The Morgan fingerprint density at radius 1 is 0.939 bits per heavy atom. The van der Waals surface area contributed by atoms with Crippen LogP contribution in [0.25, 0.3) is 34.0 Å². The van der Waals surface area contributed by atoms with Crippen LogP contribution >= 0.6 is 11.6 Å². The van der Waals surface area contributed by atoms with Crippen molar-refractivity contribution >= 4 is 11.6 Å². The molecule has 0 unspecified atom stereocenters. The Labute approximate surface area is 194 Å². The maximum Gasteiger partial charge on any atom is 0.209 e. The van der Waals surface area contributed by atoms with Gasteiger partial charge < -0.3 is 4.74 Å². The molecule has 0 aliphatic heterocycles. The van der Waals surface area contributed by atoms with Gasteiger partial charge in [-0.2, -0.15) is 10.2 Å². The zero-order valence-electron chi connectivity index (χ0n) is 17.6. The molecule has 0 spiro atoms. The molecule has 0 saturated carbocycles. The van der Waals surface area contributed by atoms with E-state index in [0.717, 1.165) is 16.9 Å². The van der Waals surface area contributed by atoms with E-state index in [2.05, 4.69) is 15.2 Å². The molecule has 0 bridgehead atoms. The van der Waals surface area contributed by atoms with Gasteiger partial charge in [0.2, 0.25) is 5.43 Å². The lowest BCUT2D eigenvalue weighted by Gasteiger charge is -2.14. The Morgan fingerprint density at radius 2 is 1.85 bits per heavy atom. The molecular formula is C25H18ClN5O2. The molecule has 0 amide bonds. The van der Waals surface area contributed by atoms with Crippen LogP contribution < -0.4 is 10.2 Å². The van der Waals surface area contributed by atoms with E-state index in [9.17, 15) is 4.79 Å². The van der Waals surface area contributed by atoms with E-state index in [4.69, 9.17) is 16.3 Å². The Hall–Kier alpha value is -4.23. The highest BCUT2D eigenvalue weighted by atomic mass is 35.5. The van der Waals surface area contributed by atoms with Crippen molar-refractivity contribution in [1.29, 1.82) is 0 Å². The third-order valence-corrected chi connectivity index (χ3v) is 5.37. The van der Waals surface area contributed by atoms with E-state index < -0.39 is 0 Å². The zero-order valence-corrected chi connectivity index (χ0v) is 18.3. The normalized spacial score (nSPS) is 10.8. The average molecular weight is 456 g/mol. The Morgan fingerprint density at radius 3 is 2.64 bits per heavy atom. The summed E-state index contributed by atoms with van der Waals surface area (Å²) in [4.78, 5) is 17.2. The molecule has 0 aliphatic rings. The summed E-state index contributed by atoms with van der Waals surface area (Å²) >= 11 is 6.15. The second-order valence-corrected chi connectivity index (χ2v) is 7.62. The molecule has 3 aromatic heterocycles. The van der Waals surface area contributed by atoms with E-state index >= 15 is 0 Å². The van der Waals surface area contributed by atoms with Gasteiger partial charge in [0.25, 0.3) is 0 Å². The first kappa shape index (κ1) is 20.7. The summed E-state index contributed by atoms with van der Waals surface area (Å²) in [5, 5.41) is 9.56. The Bertz CT molecular complexity index is 1490. The van der Waals surface area contributed by atoms with Crippen LogP contribution in [-0.2, 0) is 0 Å². The molecule has 0 atom stereocenters. The minimum Gasteiger partial charge on any atom is -0.494 e. The number of rotatable bonds is 5. The van der Waals surface area contributed by atoms with E-state index in [1.165, 1.54) is 6.07 Å². The fraction of sp³-hybridized carbons (Fsp3) is 0.0400. The van der Waals surface area contributed by atoms with Gasteiger partial charge in [-0.05, 0) is 48.5 Å². The van der Waals surface area contributed by atoms with Crippen molar-refractivity contribution < 1.29 is 4.74 Å². The van der Waals surface area contributed by atoms with Crippen molar-refractivity contribution in [3.63, 3.8) is 0 Å². The smallest absolute Gasteiger partial charge is 0.209 e. The van der Waals surface area contributed by atoms with Crippen LogP contribution in [0, 0.1) is 0 Å². The van der Waals surface area contributed by atoms with Crippen molar-refractivity contribution in [3.8, 4) is 39.8 Å². The molecular weight excluding hydrogens is 438 g/mol. The maximum atomic E-state index is 12.8. The Kier molecular flexibility index (Phi) is 5.46. The average Bonchev–Trinajstić information content (AvgIpc) is 3.34. The number of nitrogens with zero attached hydrogens (tertiary/aromatic N) is 5. The van der Waals surface area contributed by atoms with Gasteiger partial charge in [-0.25, -0.2) is 9.36 Å². The molecule has 8 heteroatoms. The fourth-order valence-corrected chi connectivity index (χ4v) is 3.76. The topological polar surface area (TPSA) is 74.8 Å². The van der Waals surface area contributed by atoms with Crippen LogP contribution in [0.4, 0.5) is 0 Å². The van der Waals surface area contributed by atoms with Crippen molar-refractivity contribution in [2.45, 2.75) is 0 Å². The molecule has 5 rings (SSSR count). The minimum absolute atomic E-state index is 0.223. The fourth-order valence-electron chi connectivity index (χ4n) is 3.58. The Balaban J connectivity index is 1.60. The van der Waals surface area contributed by atoms with Gasteiger partial charge >= 0.3 is 0 Å². The minimum atomic E-state index is -0.223. The molecule has 33 heavy (non-hydrogen) atoms. The molecule has 0 fully saturated rings. The van der Waals surface area contributed by atoms with Gasteiger partial charge in [-0.15, -0.1) is 0 Å². The summed E-state index contributed by atoms with van der Waals surface area (Å²) in [6, 6.07) is 21.9. The quantitative estimate of drug-likeness (QED) is 0.380. The van der Waals surface area contributed by atoms with Gasteiger partial charge in [0, 0.05) is 29.0 Å².